The largest absolute Gasteiger partial charge is 0.497 e. The monoisotopic (exact) mass is 491 g/mol. The molecule has 2 aromatic carbocycles. The molecular formula is C24H33N3O6S. The number of nitrogens with zero attached hydrogens (tertiary/aromatic N) is 2. The molecule has 2 rings (SSSR count). The van der Waals surface area contributed by atoms with E-state index in [1.807, 2.05) is 31.2 Å². The molecule has 0 aliphatic rings. The van der Waals surface area contributed by atoms with Crippen molar-refractivity contribution < 1.29 is 27.5 Å². The molecule has 0 unspecified atom stereocenters. The minimum atomic E-state index is -3.87. The first-order chi connectivity index (χ1) is 16.0. The van der Waals surface area contributed by atoms with Crippen LogP contribution in [-0.4, -0.2) is 65.2 Å². The van der Waals surface area contributed by atoms with Gasteiger partial charge in [-0.3, -0.25) is 13.9 Å². The Hall–Kier alpha value is -3.27. The van der Waals surface area contributed by atoms with Crippen LogP contribution in [0.5, 0.6) is 11.5 Å². The molecule has 1 atom stereocenters. The summed E-state index contributed by atoms with van der Waals surface area (Å²) in [6, 6.07) is 11.5. The molecule has 0 saturated carbocycles. The fraction of sp³-hybridized carbons (Fsp3) is 0.417. The predicted octanol–water partition coefficient (Wildman–Crippen LogP) is 2.33. The van der Waals surface area contributed by atoms with Crippen LogP contribution in [0.25, 0.3) is 0 Å². The van der Waals surface area contributed by atoms with E-state index >= 15 is 0 Å². The van der Waals surface area contributed by atoms with Crippen molar-refractivity contribution in [2.45, 2.75) is 32.9 Å². The molecule has 0 spiro atoms. The van der Waals surface area contributed by atoms with Gasteiger partial charge in [0, 0.05) is 19.7 Å². The molecule has 0 bridgehead atoms. The van der Waals surface area contributed by atoms with Gasteiger partial charge in [0.1, 0.15) is 24.1 Å². The first-order valence-corrected chi connectivity index (χ1v) is 12.7. The van der Waals surface area contributed by atoms with Crippen LogP contribution in [0.15, 0.2) is 42.5 Å². The summed E-state index contributed by atoms with van der Waals surface area (Å²) >= 11 is 0. The number of benzene rings is 2. The highest BCUT2D eigenvalue weighted by Crippen LogP contribution is 2.33. The van der Waals surface area contributed by atoms with Gasteiger partial charge in [0.25, 0.3) is 0 Å². The number of nitrogens with one attached hydrogen (secondary N) is 1. The van der Waals surface area contributed by atoms with Crippen LogP contribution in [0.3, 0.4) is 0 Å². The molecule has 2 amide bonds. The molecule has 0 aromatic heterocycles. The zero-order chi connectivity index (χ0) is 25.5. The lowest BCUT2D eigenvalue weighted by atomic mass is 10.1. The topological polar surface area (TPSA) is 105 Å². The van der Waals surface area contributed by atoms with Gasteiger partial charge in [-0.2, -0.15) is 0 Å². The number of carbonyl (C=O) groups is 2. The van der Waals surface area contributed by atoms with E-state index in [0.717, 1.165) is 21.7 Å². The third-order valence-electron chi connectivity index (χ3n) is 5.40. The van der Waals surface area contributed by atoms with Gasteiger partial charge in [-0.25, -0.2) is 8.42 Å². The molecule has 0 aliphatic carbocycles. The summed E-state index contributed by atoms with van der Waals surface area (Å²) in [5.41, 5.74) is 2.05. The van der Waals surface area contributed by atoms with E-state index in [2.05, 4.69) is 5.32 Å². The van der Waals surface area contributed by atoms with Crippen molar-refractivity contribution in [3.05, 3.63) is 53.6 Å². The lowest BCUT2D eigenvalue weighted by molar-refractivity contribution is -0.140. The van der Waals surface area contributed by atoms with E-state index < -0.39 is 28.5 Å². The summed E-state index contributed by atoms with van der Waals surface area (Å²) < 4.78 is 37.0. The summed E-state index contributed by atoms with van der Waals surface area (Å²) in [6.45, 7) is 3.40. The van der Waals surface area contributed by atoms with E-state index in [1.165, 1.54) is 32.2 Å². The Labute approximate surface area is 201 Å². The minimum absolute atomic E-state index is 0.157. The molecule has 10 heteroatoms. The lowest BCUT2D eigenvalue weighted by Crippen LogP contribution is -2.51. The van der Waals surface area contributed by atoms with E-state index in [1.54, 1.807) is 19.1 Å². The summed E-state index contributed by atoms with van der Waals surface area (Å²) in [7, 11) is 0.525. The molecule has 0 heterocycles. The van der Waals surface area contributed by atoms with Gasteiger partial charge in [0.2, 0.25) is 21.8 Å². The van der Waals surface area contributed by atoms with E-state index in [-0.39, 0.29) is 23.9 Å². The van der Waals surface area contributed by atoms with Gasteiger partial charge in [0.15, 0.2) is 0 Å². The van der Waals surface area contributed by atoms with Gasteiger partial charge < -0.3 is 19.7 Å². The molecule has 0 aliphatic heterocycles. The number of ether oxygens (including phenoxy) is 2. The Bertz CT molecular complexity index is 1120. The van der Waals surface area contributed by atoms with Crippen LogP contribution < -0.4 is 19.1 Å². The number of anilines is 1. The second kappa shape index (κ2) is 11.7. The molecule has 0 fully saturated rings. The maximum absolute atomic E-state index is 13.6. The van der Waals surface area contributed by atoms with Crippen molar-refractivity contribution in [3.8, 4) is 11.5 Å². The molecule has 34 heavy (non-hydrogen) atoms. The molecular weight excluding hydrogens is 458 g/mol. The van der Waals surface area contributed by atoms with Gasteiger partial charge in [0.05, 0.1) is 26.2 Å². The number of amides is 2. The van der Waals surface area contributed by atoms with Crippen LogP contribution >= 0.6 is 0 Å². The highest BCUT2D eigenvalue weighted by molar-refractivity contribution is 7.92. The van der Waals surface area contributed by atoms with Crippen LogP contribution in [0.1, 0.15) is 24.5 Å². The molecule has 0 saturated heterocycles. The zero-order valence-electron chi connectivity index (χ0n) is 20.5. The fourth-order valence-electron chi connectivity index (χ4n) is 3.68. The van der Waals surface area contributed by atoms with Crippen molar-refractivity contribution in [2.75, 3.05) is 38.4 Å². The Morgan fingerprint density at radius 2 is 1.79 bits per heavy atom. The maximum Gasteiger partial charge on any atom is 0.244 e. The average Bonchev–Trinajstić information content (AvgIpc) is 2.80. The van der Waals surface area contributed by atoms with E-state index in [9.17, 15) is 18.0 Å². The lowest BCUT2D eigenvalue weighted by Gasteiger charge is -2.33. The number of rotatable bonds is 11. The summed E-state index contributed by atoms with van der Waals surface area (Å²) in [5, 5.41) is 2.60. The molecule has 0 radical (unpaired) electrons. The van der Waals surface area contributed by atoms with Crippen molar-refractivity contribution in [3.63, 3.8) is 0 Å². The first-order valence-electron chi connectivity index (χ1n) is 10.8. The summed E-state index contributed by atoms with van der Waals surface area (Å²) in [4.78, 5) is 27.6. The number of hydrogen-bond donors (Lipinski definition) is 1. The van der Waals surface area contributed by atoms with Gasteiger partial charge in [-0.1, -0.05) is 36.8 Å². The van der Waals surface area contributed by atoms with Crippen LogP contribution in [0, 0.1) is 6.92 Å². The second-order valence-electron chi connectivity index (χ2n) is 7.86. The quantitative estimate of drug-likeness (QED) is 0.517. The van der Waals surface area contributed by atoms with Gasteiger partial charge in [-0.05, 0) is 31.0 Å². The molecule has 2 aromatic rings. The van der Waals surface area contributed by atoms with Crippen molar-refractivity contribution >= 4 is 27.5 Å². The average molecular weight is 492 g/mol. The zero-order valence-corrected chi connectivity index (χ0v) is 21.3. The third kappa shape index (κ3) is 6.63. The van der Waals surface area contributed by atoms with Crippen LogP contribution in [-0.2, 0) is 26.2 Å². The standard InChI is InChI=1S/C24H33N3O6S/c1-7-20(24(29)25-3)26(15-18-10-8-9-17(2)13-18)23(28)16-27(34(6,30)31)21-12-11-19(32-4)14-22(21)33-5/h8-14,20H,7,15-16H2,1-6H3,(H,25,29)/t20-/m1/s1. The fourth-order valence-corrected chi connectivity index (χ4v) is 4.53. The number of methoxy groups -OCH3 is 2. The number of likely N-dealkylation sites (N-methyl/N-ethyl adjacent to an activating group) is 1. The van der Waals surface area contributed by atoms with E-state index in [0.29, 0.717) is 12.2 Å². The number of hydrogen-bond acceptors (Lipinski definition) is 6. The smallest absolute Gasteiger partial charge is 0.244 e. The normalized spacial score (nSPS) is 11.9. The number of aryl methyl sites for hydroxylation is 1. The van der Waals surface area contributed by atoms with Gasteiger partial charge >= 0.3 is 0 Å². The predicted molar refractivity (Wildman–Crippen MR) is 132 cm³/mol. The molecule has 186 valence electrons. The first kappa shape index (κ1) is 27.0. The highest BCUT2D eigenvalue weighted by Gasteiger charge is 2.32. The number of carbonyl (C=O) groups excluding carboxylic acids is 2. The Balaban J connectivity index is 2.50. The highest BCUT2D eigenvalue weighted by atomic mass is 32.2. The van der Waals surface area contributed by atoms with Crippen LogP contribution in [0.2, 0.25) is 0 Å². The third-order valence-corrected chi connectivity index (χ3v) is 6.53. The Morgan fingerprint density at radius 3 is 2.32 bits per heavy atom. The van der Waals surface area contributed by atoms with E-state index in [4.69, 9.17) is 9.47 Å². The Kier molecular flexibility index (Phi) is 9.31. The van der Waals surface area contributed by atoms with Crippen molar-refractivity contribution in [1.82, 2.24) is 10.2 Å². The SMILES string of the molecule is CC[C@H](C(=O)NC)N(Cc1cccc(C)c1)C(=O)CN(c1ccc(OC)cc1OC)S(C)(=O)=O. The van der Waals surface area contributed by atoms with Gasteiger partial charge in [-0.15, -0.1) is 0 Å². The van der Waals surface area contributed by atoms with Crippen LogP contribution in [0.4, 0.5) is 5.69 Å². The Morgan fingerprint density at radius 1 is 1.09 bits per heavy atom. The van der Waals surface area contributed by atoms with Crippen molar-refractivity contribution in [1.29, 1.82) is 0 Å². The molecule has 1 N–H and O–H groups in total. The minimum Gasteiger partial charge on any atom is -0.497 e. The second-order valence-corrected chi connectivity index (χ2v) is 9.76. The summed E-state index contributed by atoms with van der Waals surface area (Å²) in [5.74, 6) is -0.120. The molecule has 9 nitrogen and oxygen atoms in total. The summed E-state index contributed by atoms with van der Waals surface area (Å²) in [6.07, 6.45) is 1.38. The number of sulfonamides is 1. The van der Waals surface area contributed by atoms with Crippen molar-refractivity contribution in [2.24, 2.45) is 0 Å². The maximum atomic E-state index is 13.6.